The van der Waals surface area contributed by atoms with Gasteiger partial charge in [0, 0.05) is 16.3 Å². The summed E-state index contributed by atoms with van der Waals surface area (Å²) < 4.78 is 0. The molecule has 0 aliphatic heterocycles. The van der Waals surface area contributed by atoms with Gasteiger partial charge in [0.15, 0.2) is 0 Å². The van der Waals surface area contributed by atoms with Gasteiger partial charge < -0.3 is 5.73 Å². The maximum atomic E-state index is 5.78. The highest BCUT2D eigenvalue weighted by atomic mass is 32.2. The van der Waals surface area contributed by atoms with E-state index in [1.807, 2.05) is 30.0 Å². The lowest BCUT2D eigenvalue weighted by atomic mass is 9.87. The third kappa shape index (κ3) is 4.03. The normalized spacial score (nSPS) is 11.5. The third-order valence-electron chi connectivity index (χ3n) is 3.08. The van der Waals surface area contributed by atoms with Gasteiger partial charge in [-0.2, -0.15) is 0 Å². The van der Waals surface area contributed by atoms with Crippen LogP contribution in [0.2, 0.25) is 0 Å². The molecule has 0 fully saturated rings. The molecule has 0 aliphatic carbocycles. The van der Waals surface area contributed by atoms with Crippen LogP contribution in [0, 0.1) is 0 Å². The minimum absolute atomic E-state index is 0.222. The first kappa shape index (κ1) is 14.0. The van der Waals surface area contributed by atoms with E-state index >= 15 is 0 Å². The zero-order chi connectivity index (χ0) is 13.9. The molecular weight excluding hydrogens is 250 g/mol. The topological polar surface area (TPSA) is 26.0 Å². The van der Waals surface area contributed by atoms with E-state index in [1.165, 1.54) is 16.0 Å². The van der Waals surface area contributed by atoms with Gasteiger partial charge in [0.1, 0.15) is 0 Å². The molecule has 0 heterocycles. The van der Waals surface area contributed by atoms with Gasteiger partial charge >= 0.3 is 0 Å². The zero-order valence-electron chi connectivity index (χ0n) is 11.8. The van der Waals surface area contributed by atoms with Crippen LogP contribution >= 0.6 is 11.8 Å². The van der Waals surface area contributed by atoms with Crippen LogP contribution in [0.25, 0.3) is 0 Å². The number of nitrogen functional groups attached to an aromatic ring is 1. The summed E-state index contributed by atoms with van der Waals surface area (Å²) in [6.45, 7) is 6.72. The molecule has 2 aromatic carbocycles. The van der Waals surface area contributed by atoms with Gasteiger partial charge in [0.2, 0.25) is 0 Å². The molecule has 0 aromatic heterocycles. The first-order chi connectivity index (χ1) is 8.95. The van der Waals surface area contributed by atoms with Gasteiger partial charge in [-0.3, -0.25) is 0 Å². The number of hydrogen-bond acceptors (Lipinski definition) is 2. The van der Waals surface area contributed by atoms with Crippen molar-refractivity contribution in [3.8, 4) is 0 Å². The van der Waals surface area contributed by atoms with Crippen LogP contribution in [0.3, 0.4) is 0 Å². The quantitative estimate of drug-likeness (QED) is 0.637. The summed E-state index contributed by atoms with van der Waals surface area (Å²) in [4.78, 5) is 1.22. The Balaban J connectivity index is 2.01. The van der Waals surface area contributed by atoms with Crippen LogP contribution in [0.4, 0.5) is 5.69 Å². The van der Waals surface area contributed by atoms with Crippen LogP contribution in [0.5, 0.6) is 0 Å². The highest BCUT2D eigenvalue weighted by Crippen LogP contribution is 2.26. The smallest absolute Gasteiger partial charge is 0.0325 e. The largest absolute Gasteiger partial charge is 0.399 e. The molecular formula is C17H21NS. The van der Waals surface area contributed by atoms with Gasteiger partial charge in [0.25, 0.3) is 0 Å². The second-order valence-electron chi connectivity index (χ2n) is 5.81. The average Bonchev–Trinajstić information content (AvgIpc) is 2.36. The molecule has 0 radical (unpaired) electrons. The van der Waals surface area contributed by atoms with Crippen molar-refractivity contribution in [1.29, 1.82) is 0 Å². The lowest BCUT2D eigenvalue weighted by molar-refractivity contribution is 0.590. The molecule has 0 aliphatic rings. The molecule has 2 heteroatoms. The monoisotopic (exact) mass is 271 g/mol. The van der Waals surface area contributed by atoms with Crippen molar-refractivity contribution in [3.05, 3.63) is 59.7 Å². The van der Waals surface area contributed by atoms with Crippen molar-refractivity contribution < 1.29 is 0 Å². The van der Waals surface area contributed by atoms with Crippen LogP contribution in [0.15, 0.2) is 53.4 Å². The van der Waals surface area contributed by atoms with Crippen molar-refractivity contribution in [3.63, 3.8) is 0 Å². The van der Waals surface area contributed by atoms with E-state index in [0.717, 1.165) is 11.4 Å². The zero-order valence-corrected chi connectivity index (χ0v) is 12.6. The van der Waals surface area contributed by atoms with Crippen LogP contribution in [-0.2, 0) is 11.2 Å². The summed E-state index contributed by atoms with van der Waals surface area (Å²) in [6, 6.07) is 16.9. The number of benzene rings is 2. The first-order valence-electron chi connectivity index (χ1n) is 6.53. The van der Waals surface area contributed by atoms with Crippen molar-refractivity contribution in [2.24, 2.45) is 0 Å². The lowest BCUT2D eigenvalue weighted by Gasteiger charge is -2.19. The molecule has 19 heavy (non-hydrogen) atoms. The molecule has 2 rings (SSSR count). The second kappa shape index (κ2) is 5.70. The molecule has 0 saturated carbocycles. The molecule has 2 aromatic rings. The van der Waals surface area contributed by atoms with Crippen LogP contribution in [0.1, 0.15) is 31.9 Å². The Morgan fingerprint density at radius 1 is 1.00 bits per heavy atom. The van der Waals surface area contributed by atoms with E-state index in [1.54, 1.807) is 0 Å². The van der Waals surface area contributed by atoms with Gasteiger partial charge in [-0.05, 0) is 34.7 Å². The second-order valence-corrected chi connectivity index (χ2v) is 6.86. The van der Waals surface area contributed by atoms with Gasteiger partial charge in [-0.25, -0.2) is 0 Å². The summed E-state index contributed by atoms with van der Waals surface area (Å²) in [7, 11) is 0. The van der Waals surface area contributed by atoms with Crippen molar-refractivity contribution >= 4 is 17.4 Å². The van der Waals surface area contributed by atoms with Crippen molar-refractivity contribution in [2.75, 3.05) is 5.73 Å². The van der Waals surface area contributed by atoms with E-state index in [-0.39, 0.29) is 5.41 Å². The standard InChI is InChI=1S/C17H21NS/c1-17(2,3)14-9-7-13(8-10-14)12-19-16-6-4-5-15(18)11-16/h4-11H,12,18H2,1-3H3. The number of anilines is 1. The molecule has 2 N–H and O–H groups in total. The SMILES string of the molecule is CC(C)(C)c1ccc(CSc2cccc(N)c2)cc1. The highest BCUT2D eigenvalue weighted by Gasteiger charge is 2.12. The number of thioether (sulfide) groups is 1. The molecule has 0 bridgehead atoms. The Kier molecular flexibility index (Phi) is 4.20. The van der Waals surface area contributed by atoms with Gasteiger partial charge in [0.05, 0.1) is 0 Å². The van der Waals surface area contributed by atoms with Crippen LogP contribution in [-0.4, -0.2) is 0 Å². The third-order valence-corrected chi connectivity index (χ3v) is 4.15. The maximum absolute atomic E-state index is 5.78. The minimum Gasteiger partial charge on any atom is -0.399 e. The number of rotatable bonds is 3. The molecule has 0 amide bonds. The van der Waals surface area contributed by atoms with Crippen molar-refractivity contribution in [2.45, 2.75) is 36.8 Å². The summed E-state index contributed by atoms with van der Waals surface area (Å²) in [5, 5.41) is 0. The maximum Gasteiger partial charge on any atom is 0.0325 e. The van der Waals surface area contributed by atoms with E-state index < -0.39 is 0 Å². The molecule has 100 valence electrons. The predicted molar refractivity (Wildman–Crippen MR) is 85.6 cm³/mol. The van der Waals surface area contributed by atoms with E-state index in [4.69, 9.17) is 5.73 Å². The van der Waals surface area contributed by atoms with E-state index in [9.17, 15) is 0 Å². The molecule has 0 unspecified atom stereocenters. The first-order valence-corrected chi connectivity index (χ1v) is 7.51. The number of nitrogens with two attached hydrogens (primary N) is 1. The summed E-state index contributed by atoms with van der Waals surface area (Å²) in [6.07, 6.45) is 0. The lowest BCUT2D eigenvalue weighted by Crippen LogP contribution is -2.10. The summed E-state index contributed by atoms with van der Waals surface area (Å²) in [5.41, 5.74) is 9.56. The fraction of sp³-hybridized carbons (Fsp3) is 0.294. The Bertz CT molecular complexity index is 538. The van der Waals surface area contributed by atoms with E-state index in [2.05, 4.69) is 51.1 Å². The Labute approximate surface area is 120 Å². The van der Waals surface area contributed by atoms with Gasteiger partial charge in [-0.1, -0.05) is 51.1 Å². The van der Waals surface area contributed by atoms with Gasteiger partial charge in [-0.15, -0.1) is 11.8 Å². The fourth-order valence-corrected chi connectivity index (χ4v) is 2.79. The number of hydrogen-bond donors (Lipinski definition) is 1. The molecule has 0 saturated heterocycles. The Morgan fingerprint density at radius 2 is 1.68 bits per heavy atom. The summed E-state index contributed by atoms with van der Waals surface area (Å²) in [5.74, 6) is 0.980. The Hall–Kier alpha value is -1.41. The summed E-state index contributed by atoms with van der Waals surface area (Å²) >= 11 is 1.82. The average molecular weight is 271 g/mol. The molecule has 0 spiro atoms. The predicted octanol–water partition coefficient (Wildman–Crippen LogP) is 4.86. The molecule has 0 atom stereocenters. The van der Waals surface area contributed by atoms with E-state index in [0.29, 0.717) is 0 Å². The molecule has 1 nitrogen and oxygen atoms in total. The highest BCUT2D eigenvalue weighted by molar-refractivity contribution is 7.98. The Morgan fingerprint density at radius 3 is 2.26 bits per heavy atom. The minimum atomic E-state index is 0.222. The fourth-order valence-electron chi connectivity index (χ4n) is 1.87. The van der Waals surface area contributed by atoms with Crippen LogP contribution < -0.4 is 5.73 Å². The van der Waals surface area contributed by atoms with Crippen molar-refractivity contribution in [1.82, 2.24) is 0 Å².